The molecule has 2 rings (SSSR count). The lowest BCUT2D eigenvalue weighted by molar-refractivity contribution is 0.0600. The highest BCUT2D eigenvalue weighted by molar-refractivity contribution is 6.33. The van der Waals surface area contributed by atoms with E-state index in [1.54, 1.807) is 6.07 Å². The zero-order valence-electron chi connectivity index (χ0n) is 14.7. The molecule has 0 saturated heterocycles. The molecule has 0 heterocycles. The third kappa shape index (κ3) is 4.00. The molecule has 7 nitrogen and oxygen atoms in total. The first kappa shape index (κ1) is 19.4. The van der Waals surface area contributed by atoms with Crippen molar-refractivity contribution in [1.29, 1.82) is 0 Å². The molecule has 0 fully saturated rings. The molecule has 8 heteroatoms. The predicted molar refractivity (Wildman–Crippen MR) is 96.8 cm³/mol. The lowest BCUT2D eigenvalue weighted by Crippen LogP contribution is -2.13. The number of halogens is 1. The standard InChI is InChI=1S/C18H18ClNO6/c1-23-14-7-10(8-15(24-2)16(14)25-3)17(21)20-11-5-6-13(19)12(9-11)18(22)26-4/h5-9H,1-4H3,(H,20,21). The van der Waals surface area contributed by atoms with Crippen LogP contribution in [0, 0.1) is 0 Å². The largest absolute Gasteiger partial charge is 0.493 e. The summed E-state index contributed by atoms with van der Waals surface area (Å²) < 4.78 is 20.4. The van der Waals surface area contributed by atoms with Crippen LogP contribution in [0.1, 0.15) is 20.7 Å². The minimum atomic E-state index is -0.598. The number of rotatable bonds is 6. The van der Waals surface area contributed by atoms with Crippen molar-refractivity contribution in [1.82, 2.24) is 0 Å². The number of esters is 1. The Labute approximate surface area is 155 Å². The second kappa shape index (κ2) is 8.44. The molecule has 0 spiro atoms. The first-order valence-corrected chi connectivity index (χ1v) is 7.82. The van der Waals surface area contributed by atoms with Gasteiger partial charge < -0.3 is 24.3 Å². The molecule has 26 heavy (non-hydrogen) atoms. The summed E-state index contributed by atoms with van der Waals surface area (Å²) in [5, 5.41) is 2.91. The first-order chi connectivity index (χ1) is 12.4. The van der Waals surface area contributed by atoms with Crippen molar-refractivity contribution in [3.8, 4) is 17.2 Å². The Hall–Kier alpha value is -2.93. The van der Waals surface area contributed by atoms with Gasteiger partial charge in [-0.25, -0.2) is 4.79 Å². The molecule has 2 aromatic rings. The van der Waals surface area contributed by atoms with Gasteiger partial charge in [0, 0.05) is 11.3 Å². The summed E-state index contributed by atoms with van der Waals surface area (Å²) in [6.07, 6.45) is 0. The zero-order valence-corrected chi connectivity index (χ0v) is 15.5. The molecule has 0 saturated carbocycles. The van der Waals surface area contributed by atoms with E-state index < -0.39 is 11.9 Å². The van der Waals surface area contributed by atoms with Crippen LogP contribution in [-0.4, -0.2) is 40.3 Å². The highest BCUT2D eigenvalue weighted by Gasteiger charge is 2.18. The number of anilines is 1. The normalized spacial score (nSPS) is 10.0. The van der Waals surface area contributed by atoms with Crippen molar-refractivity contribution in [3.05, 3.63) is 46.5 Å². The number of amides is 1. The lowest BCUT2D eigenvalue weighted by atomic mass is 10.1. The van der Waals surface area contributed by atoms with Crippen LogP contribution in [0.15, 0.2) is 30.3 Å². The molecule has 0 radical (unpaired) electrons. The van der Waals surface area contributed by atoms with Crippen LogP contribution in [0.5, 0.6) is 17.2 Å². The Kier molecular flexibility index (Phi) is 6.30. The van der Waals surface area contributed by atoms with Gasteiger partial charge in [0.1, 0.15) is 0 Å². The molecule has 0 unspecified atom stereocenters. The topological polar surface area (TPSA) is 83.1 Å². The van der Waals surface area contributed by atoms with Gasteiger partial charge in [0.15, 0.2) is 11.5 Å². The van der Waals surface area contributed by atoms with Gasteiger partial charge in [0.05, 0.1) is 39.0 Å². The van der Waals surface area contributed by atoms with Gasteiger partial charge in [-0.1, -0.05) is 11.6 Å². The third-order valence-corrected chi connectivity index (χ3v) is 3.89. The fraction of sp³-hybridized carbons (Fsp3) is 0.222. The van der Waals surface area contributed by atoms with E-state index in [2.05, 4.69) is 10.1 Å². The Bertz CT molecular complexity index is 811. The number of nitrogens with one attached hydrogen (secondary N) is 1. The van der Waals surface area contributed by atoms with Gasteiger partial charge >= 0.3 is 5.97 Å². The van der Waals surface area contributed by atoms with Crippen LogP contribution in [0.3, 0.4) is 0 Å². The van der Waals surface area contributed by atoms with E-state index in [1.807, 2.05) is 0 Å². The Morgan fingerprint density at radius 3 is 2.04 bits per heavy atom. The van der Waals surface area contributed by atoms with Gasteiger partial charge in [-0.2, -0.15) is 0 Å². The van der Waals surface area contributed by atoms with E-state index >= 15 is 0 Å². The van der Waals surface area contributed by atoms with Gasteiger partial charge in [-0.3, -0.25) is 4.79 Å². The van der Waals surface area contributed by atoms with E-state index in [0.29, 0.717) is 22.9 Å². The van der Waals surface area contributed by atoms with Crippen LogP contribution in [0.25, 0.3) is 0 Å². The Balaban J connectivity index is 2.35. The van der Waals surface area contributed by atoms with E-state index in [4.69, 9.17) is 25.8 Å². The molecule has 0 aliphatic rings. The fourth-order valence-corrected chi connectivity index (χ4v) is 2.48. The second-order valence-corrected chi connectivity index (χ2v) is 5.46. The van der Waals surface area contributed by atoms with Gasteiger partial charge in [0.2, 0.25) is 5.75 Å². The molecule has 1 amide bonds. The van der Waals surface area contributed by atoms with Gasteiger partial charge in [-0.15, -0.1) is 0 Å². The van der Waals surface area contributed by atoms with Crippen LogP contribution in [0.4, 0.5) is 5.69 Å². The molecule has 138 valence electrons. The van der Waals surface area contributed by atoms with Crippen molar-refractivity contribution in [2.24, 2.45) is 0 Å². The van der Waals surface area contributed by atoms with Crippen LogP contribution in [0.2, 0.25) is 5.02 Å². The number of ether oxygens (including phenoxy) is 4. The van der Waals surface area contributed by atoms with E-state index in [1.165, 1.54) is 52.7 Å². The molecular formula is C18H18ClNO6. The lowest BCUT2D eigenvalue weighted by Gasteiger charge is -2.14. The summed E-state index contributed by atoms with van der Waals surface area (Å²) in [5.41, 5.74) is 0.819. The summed E-state index contributed by atoms with van der Waals surface area (Å²) in [7, 11) is 5.64. The van der Waals surface area contributed by atoms with E-state index in [-0.39, 0.29) is 16.1 Å². The number of hydrogen-bond acceptors (Lipinski definition) is 6. The quantitative estimate of drug-likeness (QED) is 0.774. The minimum absolute atomic E-state index is 0.150. The van der Waals surface area contributed by atoms with E-state index in [0.717, 1.165) is 0 Å². The molecular weight excluding hydrogens is 362 g/mol. The number of methoxy groups -OCH3 is 4. The number of carbonyl (C=O) groups is 2. The summed E-state index contributed by atoms with van der Waals surface area (Å²) in [4.78, 5) is 24.3. The summed E-state index contributed by atoms with van der Waals surface area (Å²) in [5.74, 6) is 0.0546. The van der Waals surface area contributed by atoms with Crippen molar-refractivity contribution >= 4 is 29.2 Å². The van der Waals surface area contributed by atoms with Crippen molar-refractivity contribution in [2.45, 2.75) is 0 Å². The highest BCUT2D eigenvalue weighted by atomic mass is 35.5. The SMILES string of the molecule is COC(=O)c1cc(NC(=O)c2cc(OC)c(OC)c(OC)c2)ccc1Cl. The van der Waals surface area contributed by atoms with Crippen molar-refractivity contribution in [2.75, 3.05) is 33.8 Å². The van der Waals surface area contributed by atoms with Crippen LogP contribution >= 0.6 is 11.6 Å². The maximum Gasteiger partial charge on any atom is 0.339 e. The molecule has 0 aliphatic carbocycles. The number of hydrogen-bond donors (Lipinski definition) is 1. The molecule has 1 N–H and O–H groups in total. The smallest absolute Gasteiger partial charge is 0.339 e. The second-order valence-electron chi connectivity index (χ2n) is 5.05. The summed E-state index contributed by atoms with van der Waals surface area (Å²) in [6, 6.07) is 7.55. The summed E-state index contributed by atoms with van der Waals surface area (Å²) in [6.45, 7) is 0. The monoisotopic (exact) mass is 379 g/mol. The Morgan fingerprint density at radius 1 is 0.923 bits per heavy atom. The summed E-state index contributed by atoms with van der Waals surface area (Å²) >= 11 is 5.98. The van der Waals surface area contributed by atoms with Crippen LogP contribution < -0.4 is 19.5 Å². The first-order valence-electron chi connectivity index (χ1n) is 7.44. The molecule has 0 atom stereocenters. The molecule has 2 aromatic carbocycles. The van der Waals surface area contributed by atoms with Crippen molar-refractivity contribution in [3.63, 3.8) is 0 Å². The fourth-order valence-electron chi connectivity index (χ4n) is 2.28. The van der Waals surface area contributed by atoms with E-state index in [9.17, 15) is 9.59 Å². The molecule has 0 aromatic heterocycles. The van der Waals surface area contributed by atoms with Gasteiger partial charge in [-0.05, 0) is 30.3 Å². The van der Waals surface area contributed by atoms with Crippen molar-refractivity contribution < 1.29 is 28.5 Å². The van der Waals surface area contributed by atoms with Crippen LogP contribution in [-0.2, 0) is 4.74 Å². The molecule has 0 bridgehead atoms. The zero-order chi connectivity index (χ0) is 19.3. The highest BCUT2D eigenvalue weighted by Crippen LogP contribution is 2.38. The number of carbonyl (C=O) groups excluding carboxylic acids is 2. The molecule has 0 aliphatic heterocycles. The predicted octanol–water partition coefficient (Wildman–Crippen LogP) is 3.40. The Morgan fingerprint density at radius 2 is 1.54 bits per heavy atom. The maximum absolute atomic E-state index is 12.6. The average Bonchev–Trinajstić information content (AvgIpc) is 2.67. The third-order valence-electron chi connectivity index (χ3n) is 3.56. The number of benzene rings is 2. The average molecular weight is 380 g/mol. The van der Waals surface area contributed by atoms with Gasteiger partial charge in [0.25, 0.3) is 5.91 Å². The maximum atomic E-state index is 12.6. The minimum Gasteiger partial charge on any atom is -0.493 e.